The van der Waals surface area contributed by atoms with Gasteiger partial charge in [-0.15, -0.1) is 0 Å². The van der Waals surface area contributed by atoms with Crippen LogP contribution in [0.5, 0.6) is 0 Å². The van der Waals surface area contributed by atoms with Crippen LogP contribution in [0.15, 0.2) is 36.4 Å². The minimum Gasteiger partial charge on any atom is -0.272 e. The number of urea groups is 1. The van der Waals surface area contributed by atoms with Gasteiger partial charge in [-0.1, -0.05) is 18.2 Å². The molecule has 8 heteroatoms. The molecule has 2 aromatic rings. The van der Waals surface area contributed by atoms with Gasteiger partial charge in [0.25, 0.3) is 11.8 Å². The van der Waals surface area contributed by atoms with Gasteiger partial charge in [0.2, 0.25) is 0 Å². The first-order valence-corrected chi connectivity index (χ1v) is 6.98. The Labute approximate surface area is 132 Å². The Morgan fingerprint density at radius 3 is 2.52 bits per heavy atom. The summed E-state index contributed by atoms with van der Waals surface area (Å²) in [5.74, 6) is -0.916. The van der Waals surface area contributed by atoms with Gasteiger partial charge in [0, 0.05) is 12.7 Å². The molecule has 0 radical (unpaired) electrons. The molecule has 1 aliphatic heterocycles. The number of hydrogen-bond donors (Lipinski definition) is 1. The van der Waals surface area contributed by atoms with Gasteiger partial charge < -0.3 is 0 Å². The lowest BCUT2D eigenvalue weighted by Crippen LogP contribution is -2.44. The number of nitrogens with zero attached hydrogens (tertiary/aromatic N) is 4. The average Bonchev–Trinajstić information content (AvgIpc) is 3.05. The SMILES string of the molecule is Cc1cc(C(=O)NN2CC(=O)N(C)C2=O)nn1-c1ccccc1. The highest BCUT2D eigenvalue weighted by molar-refractivity contribution is 6.03. The fourth-order valence-corrected chi connectivity index (χ4v) is 2.28. The summed E-state index contributed by atoms with van der Waals surface area (Å²) in [6.45, 7) is 1.65. The first kappa shape index (κ1) is 14.8. The number of hydrogen-bond acceptors (Lipinski definition) is 4. The van der Waals surface area contributed by atoms with Gasteiger partial charge in [-0.05, 0) is 25.1 Å². The maximum atomic E-state index is 12.2. The van der Waals surface area contributed by atoms with E-state index in [1.54, 1.807) is 10.7 Å². The predicted octanol–water partition coefficient (Wildman–Crippen LogP) is 0.720. The summed E-state index contributed by atoms with van der Waals surface area (Å²) in [5.41, 5.74) is 4.18. The van der Waals surface area contributed by atoms with Crippen LogP contribution in [-0.4, -0.2) is 51.1 Å². The summed E-state index contributed by atoms with van der Waals surface area (Å²) in [6, 6.07) is 10.4. The number of para-hydroxylation sites is 1. The van der Waals surface area contributed by atoms with Crippen LogP contribution in [0, 0.1) is 6.92 Å². The Bertz CT molecular complexity index is 784. The summed E-state index contributed by atoms with van der Waals surface area (Å²) in [6.07, 6.45) is 0. The molecule has 1 aromatic heterocycles. The Balaban J connectivity index is 1.79. The minimum atomic E-state index is -0.567. The van der Waals surface area contributed by atoms with Crippen LogP contribution in [0.1, 0.15) is 16.2 Å². The van der Waals surface area contributed by atoms with Crippen LogP contribution in [-0.2, 0) is 4.79 Å². The van der Waals surface area contributed by atoms with Crippen molar-refractivity contribution >= 4 is 17.8 Å². The van der Waals surface area contributed by atoms with Gasteiger partial charge >= 0.3 is 6.03 Å². The zero-order chi connectivity index (χ0) is 16.6. The van der Waals surface area contributed by atoms with Crippen LogP contribution < -0.4 is 5.43 Å². The van der Waals surface area contributed by atoms with Crippen molar-refractivity contribution in [3.63, 3.8) is 0 Å². The molecule has 1 N–H and O–H groups in total. The minimum absolute atomic E-state index is 0.168. The smallest absolute Gasteiger partial charge is 0.272 e. The van der Waals surface area contributed by atoms with E-state index in [0.29, 0.717) is 0 Å². The van der Waals surface area contributed by atoms with E-state index in [0.717, 1.165) is 21.3 Å². The zero-order valence-corrected chi connectivity index (χ0v) is 12.7. The molecule has 4 amide bonds. The van der Waals surface area contributed by atoms with Gasteiger partial charge in [0.05, 0.1) is 5.69 Å². The number of benzene rings is 1. The quantitative estimate of drug-likeness (QED) is 0.846. The molecule has 23 heavy (non-hydrogen) atoms. The molecule has 8 nitrogen and oxygen atoms in total. The van der Waals surface area contributed by atoms with E-state index in [-0.39, 0.29) is 18.1 Å². The Hall–Kier alpha value is -3.16. The Morgan fingerprint density at radius 1 is 1.22 bits per heavy atom. The van der Waals surface area contributed by atoms with Gasteiger partial charge in [0.1, 0.15) is 6.54 Å². The number of likely N-dealkylation sites (N-methyl/N-ethyl adjacent to an activating group) is 1. The maximum absolute atomic E-state index is 12.2. The third-order valence-electron chi connectivity index (χ3n) is 3.54. The molecule has 0 unspecified atom stereocenters. The molecule has 1 aliphatic rings. The van der Waals surface area contributed by atoms with Gasteiger partial charge in [-0.2, -0.15) is 5.10 Å². The van der Waals surface area contributed by atoms with Crippen molar-refractivity contribution in [2.75, 3.05) is 13.6 Å². The van der Waals surface area contributed by atoms with Crippen molar-refractivity contribution in [3.8, 4) is 5.69 Å². The van der Waals surface area contributed by atoms with Crippen LogP contribution in [0.4, 0.5) is 4.79 Å². The second-order valence-corrected chi connectivity index (χ2v) is 5.18. The van der Waals surface area contributed by atoms with Crippen molar-refractivity contribution in [2.45, 2.75) is 6.92 Å². The molecular formula is C15H15N5O3. The van der Waals surface area contributed by atoms with Crippen molar-refractivity contribution in [3.05, 3.63) is 47.8 Å². The predicted molar refractivity (Wildman–Crippen MR) is 80.6 cm³/mol. The molecule has 0 aliphatic carbocycles. The molecule has 3 rings (SSSR count). The number of hydrazine groups is 1. The third kappa shape index (κ3) is 2.66. The summed E-state index contributed by atoms with van der Waals surface area (Å²) in [7, 11) is 1.37. The lowest BCUT2D eigenvalue weighted by Gasteiger charge is -2.14. The summed E-state index contributed by atoms with van der Waals surface area (Å²) in [4.78, 5) is 36.4. The van der Waals surface area contributed by atoms with E-state index in [1.165, 1.54) is 7.05 Å². The molecule has 2 heterocycles. The molecule has 1 aromatic carbocycles. The van der Waals surface area contributed by atoms with Crippen LogP contribution in [0.3, 0.4) is 0 Å². The van der Waals surface area contributed by atoms with E-state index in [9.17, 15) is 14.4 Å². The second kappa shape index (κ2) is 5.56. The number of aromatic nitrogens is 2. The van der Waals surface area contributed by atoms with Gasteiger partial charge in [-0.25, -0.2) is 14.5 Å². The highest BCUT2D eigenvalue weighted by atomic mass is 16.2. The first-order chi connectivity index (χ1) is 11.0. The monoisotopic (exact) mass is 313 g/mol. The molecule has 0 atom stereocenters. The fraction of sp³-hybridized carbons (Fsp3) is 0.200. The molecule has 1 saturated heterocycles. The maximum Gasteiger partial charge on any atom is 0.345 e. The van der Waals surface area contributed by atoms with Crippen molar-refractivity contribution < 1.29 is 14.4 Å². The van der Waals surface area contributed by atoms with E-state index in [2.05, 4.69) is 10.5 Å². The van der Waals surface area contributed by atoms with Crippen molar-refractivity contribution in [2.24, 2.45) is 0 Å². The first-order valence-electron chi connectivity index (χ1n) is 6.98. The summed E-state index contributed by atoms with van der Waals surface area (Å²) in [5, 5.41) is 5.23. The molecule has 0 spiro atoms. The van der Waals surface area contributed by atoms with E-state index in [4.69, 9.17) is 0 Å². The summed E-state index contributed by atoms with van der Waals surface area (Å²) < 4.78 is 1.64. The molecule has 0 bridgehead atoms. The topological polar surface area (TPSA) is 87.5 Å². The Morgan fingerprint density at radius 2 is 1.91 bits per heavy atom. The normalized spacial score (nSPS) is 14.5. The van der Waals surface area contributed by atoms with E-state index in [1.807, 2.05) is 37.3 Å². The highest BCUT2D eigenvalue weighted by Gasteiger charge is 2.34. The van der Waals surface area contributed by atoms with Crippen LogP contribution >= 0.6 is 0 Å². The second-order valence-electron chi connectivity index (χ2n) is 5.18. The summed E-state index contributed by atoms with van der Waals surface area (Å²) >= 11 is 0. The van der Waals surface area contributed by atoms with Crippen LogP contribution in [0.2, 0.25) is 0 Å². The van der Waals surface area contributed by atoms with Gasteiger partial charge in [0.15, 0.2) is 5.69 Å². The molecule has 0 saturated carbocycles. The number of nitrogens with one attached hydrogen (secondary N) is 1. The lowest BCUT2D eigenvalue weighted by molar-refractivity contribution is -0.124. The third-order valence-corrected chi connectivity index (χ3v) is 3.54. The molecule has 1 fully saturated rings. The Kier molecular flexibility index (Phi) is 3.57. The molecule has 118 valence electrons. The van der Waals surface area contributed by atoms with E-state index < -0.39 is 11.9 Å². The van der Waals surface area contributed by atoms with Crippen molar-refractivity contribution in [1.82, 2.24) is 25.1 Å². The van der Waals surface area contributed by atoms with Crippen LogP contribution in [0.25, 0.3) is 5.69 Å². The number of carbonyl (C=O) groups excluding carboxylic acids is 3. The largest absolute Gasteiger partial charge is 0.345 e. The lowest BCUT2D eigenvalue weighted by atomic mass is 10.3. The number of amides is 4. The number of aryl methyl sites for hydroxylation is 1. The highest BCUT2D eigenvalue weighted by Crippen LogP contribution is 2.12. The fourth-order valence-electron chi connectivity index (χ4n) is 2.28. The average molecular weight is 313 g/mol. The van der Waals surface area contributed by atoms with Crippen molar-refractivity contribution in [1.29, 1.82) is 0 Å². The molecular weight excluding hydrogens is 298 g/mol. The zero-order valence-electron chi connectivity index (χ0n) is 12.7. The number of carbonyl (C=O) groups is 3. The number of rotatable bonds is 3. The van der Waals surface area contributed by atoms with E-state index >= 15 is 0 Å². The van der Waals surface area contributed by atoms with Gasteiger partial charge in [-0.3, -0.25) is 19.9 Å². The number of imide groups is 1. The standard InChI is InChI=1S/C15H15N5O3/c1-10-8-12(16-20(10)11-6-4-3-5-7-11)14(22)17-19-9-13(21)18(2)15(19)23/h3-8H,9H2,1-2H3,(H,17,22).